The van der Waals surface area contributed by atoms with Gasteiger partial charge >= 0.3 is 22.4 Å². The molecular formula is C30H55NbO10. The molecule has 0 N–H and O–H groups in total. The first-order valence-corrected chi connectivity index (χ1v) is 14.6. The molecule has 0 unspecified atom stereocenters. The van der Waals surface area contributed by atoms with Crippen LogP contribution in [0.2, 0.25) is 0 Å². The van der Waals surface area contributed by atoms with Gasteiger partial charge in [-0.2, -0.15) is 0 Å². The van der Waals surface area contributed by atoms with Crippen molar-refractivity contribution in [2.45, 2.75) is 133 Å². The molecule has 0 saturated heterocycles. The minimum Gasteiger partial charge on any atom is -0.550 e. The average Bonchev–Trinajstić information content (AvgIpc) is 2.88. The third kappa shape index (κ3) is 34.2. The predicted molar refractivity (Wildman–Crippen MR) is 145 cm³/mol. The number of hydrogen-bond donors (Lipinski definition) is 0. The van der Waals surface area contributed by atoms with E-state index in [0.29, 0.717) is 64.2 Å². The minimum atomic E-state index is -0.921. The van der Waals surface area contributed by atoms with Crippen LogP contribution in [0.25, 0.3) is 0 Å². The maximum absolute atomic E-state index is 10.1. The zero-order valence-corrected chi connectivity index (χ0v) is 29.2. The Kier molecular flexibility index (Phi) is 45.6. The van der Waals surface area contributed by atoms with Crippen LogP contribution in [0.15, 0.2) is 0 Å². The van der Waals surface area contributed by atoms with Crippen molar-refractivity contribution in [2.75, 3.05) is 0 Å². The van der Waals surface area contributed by atoms with Crippen LogP contribution in [0, 0.1) is 29.6 Å². The van der Waals surface area contributed by atoms with Crippen LogP contribution in [0.4, 0.5) is 0 Å². The molecular weight excluding hydrogens is 613 g/mol. The van der Waals surface area contributed by atoms with Crippen LogP contribution in [0.3, 0.4) is 0 Å². The number of carbonyl (C=O) groups excluding carboxylic acids is 5. The van der Waals surface area contributed by atoms with E-state index < -0.39 is 29.8 Å². The van der Waals surface area contributed by atoms with E-state index >= 15 is 0 Å². The molecule has 11 heteroatoms. The summed E-state index contributed by atoms with van der Waals surface area (Å²) in [5.74, 6) is -5.81. The van der Waals surface area contributed by atoms with Crippen LogP contribution >= 0.6 is 0 Å². The Morgan fingerprint density at radius 3 is 0.390 bits per heavy atom. The van der Waals surface area contributed by atoms with E-state index in [1.54, 1.807) is 0 Å². The summed E-state index contributed by atoms with van der Waals surface area (Å²) in [7, 11) is 0. The smallest absolute Gasteiger partial charge is 0.550 e. The topological polar surface area (TPSA) is 201 Å². The van der Waals surface area contributed by atoms with E-state index in [9.17, 15) is 49.5 Å². The van der Waals surface area contributed by atoms with Crippen LogP contribution in [-0.4, -0.2) is 29.8 Å². The van der Waals surface area contributed by atoms with Crippen molar-refractivity contribution in [2.24, 2.45) is 29.6 Å². The van der Waals surface area contributed by atoms with Gasteiger partial charge in [0.15, 0.2) is 0 Å². The van der Waals surface area contributed by atoms with Crippen molar-refractivity contribution in [1.82, 2.24) is 0 Å². The van der Waals surface area contributed by atoms with Gasteiger partial charge in [0.05, 0.1) is 0 Å². The van der Waals surface area contributed by atoms with Crippen molar-refractivity contribution in [3.05, 3.63) is 0 Å². The quantitative estimate of drug-likeness (QED) is 0.225. The SMILES string of the molecule is CCC(CC)C(=O)[O-].CCC(CC)C(=O)[O-].CCC(CC)C(=O)[O-].CCC(CC)C(=O)[O-].CCC(CC)C(=O)[O-].[Nb+5]. The molecule has 10 nitrogen and oxygen atoms in total. The summed E-state index contributed by atoms with van der Waals surface area (Å²) < 4.78 is 0. The summed E-state index contributed by atoms with van der Waals surface area (Å²) in [4.78, 5) is 50.3. The summed E-state index contributed by atoms with van der Waals surface area (Å²) in [5, 5.41) is 50.3. The van der Waals surface area contributed by atoms with Crippen LogP contribution in [-0.2, 0) is 46.4 Å². The fraction of sp³-hybridized carbons (Fsp3) is 0.833. The van der Waals surface area contributed by atoms with Crippen molar-refractivity contribution in [3.63, 3.8) is 0 Å². The summed E-state index contributed by atoms with van der Waals surface area (Å²) in [6.07, 6.45) is 6.79. The maximum Gasteiger partial charge on any atom is 5.00 e. The van der Waals surface area contributed by atoms with Crippen LogP contribution < -0.4 is 25.5 Å². The Labute approximate surface area is 264 Å². The van der Waals surface area contributed by atoms with E-state index in [1.807, 2.05) is 69.2 Å². The predicted octanol–water partition coefficient (Wildman–Crippen LogP) is 0.860. The first-order chi connectivity index (χ1) is 18.6. The second-order valence-electron chi connectivity index (χ2n) is 9.16. The second-order valence-corrected chi connectivity index (χ2v) is 9.16. The number of carboxylic acid groups (broad SMARTS) is 5. The minimum absolute atomic E-state index is 0. The normalized spacial score (nSPS) is 9.63. The summed E-state index contributed by atoms with van der Waals surface area (Å²) in [6.45, 7) is 18.5. The molecule has 41 heavy (non-hydrogen) atoms. The van der Waals surface area contributed by atoms with Crippen molar-refractivity contribution < 1.29 is 71.9 Å². The number of hydrogen-bond acceptors (Lipinski definition) is 10. The first-order valence-electron chi connectivity index (χ1n) is 14.6. The molecule has 0 aliphatic carbocycles. The second kappa shape index (κ2) is 36.1. The molecule has 0 spiro atoms. The molecule has 0 atom stereocenters. The average molecular weight is 669 g/mol. The maximum atomic E-state index is 10.1. The van der Waals surface area contributed by atoms with E-state index in [-0.39, 0.29) is 52.0 Å². The van der Waals surface area contributed by atoms with Gasteiger partial charge in [-0.15, -0.1) is 0 Å². The fourth-order valence-electron chi connectivity index (χ4n) is 3.11. The van der Waals surface area contributed by atoms with E-state index in [0.717, 1.165) is 0 Å². The third-order valence-electron chi connectivity index (χ3n) is 6.59. The third-order valence-corrected chi connectivity index (χ3v) is 6.59. The Balaban J connectivity index is -0.0000000928. The Morgan fingerprint density at radius 2 is 0.390 bits per heavy atom. The van der Waals surface area contributed by atoms with Gasteiger partial charge in [0.25, 0.3) is 0 Å². The molecule has 0 rings (SSSR count). The van der Waals surface area contributed by atoms with Gasteiger partial charge in [0.1, 0.15) is 0 Å². The van der Waals surface area contributed by atoms with E-state index in [1.165, 1.54) is 0 Å². The molecule has 240 valence electrons. The monoisotopic (exact) mass is 668 g/mol. The molecule has 0 aromatic rings. The van der Waals surface area contributed by atoms with Crippen LogP contribution in [0.1, 0.15) is 133 Å². The number of rotatable bonds is 15. The Morgan fingerprint density at radius 1 is 0.317 bits per heavy atom. The fourth-order valence-corrected chi connectivity index (χ4v) is 3.11. The van der Waals surface area contributed by atoms with Gasteiger partial charge in [-0.25, -0.2) is 0 Å². The van der Waals surface area contributed by atoms with E-state index in [2.05, 4.69) is 0 Å². The molecule has 0 aliphatic rings. The molecule has 0 aromatic heterocycles. The van der Waals surface area contributed by atoms with Crippen LogP contribution in [0.5, 0.6) is 0 Å². The van der Waals surface area contributed by atoms with E-state index in [4.69, 9.17) is 0 Å². The zero-order chi connectivity index (χ0) is 32.8. The standard InChI is InChI=1S/5C6H12O2.Nb/c5*1-3-5(4-2)6(7)8;/h5*5H,3-4H2,1-2H3,(H,7,8);/q;;;;;+5/p-5. The molecule has 0 fully saturated rings. The molecule has 0 aromatic carbocycles. The van der Waals surface area contributed by atoms with Crippen molar-refractivity contribution in [1.29, 1.82) is 0 Å². The van der Waals surface area contributed by atoms with Gasteiger partial charge in [-0.05, 0) is 93.8 Å². The largest absolute Gasteiger partial charge is 5.00 e. The summed E-state index contributed by atoms with van der Waals surface area (Å²) >= 11 is 0. The number of aliphatic carboxylic acids is 5. The van der Waals surface area contributed by atoms with Gasteiger partial charge in [-0.3, -0.25) is 0 Å². The molecule has 0 saturated carbocycles. The summed E-state index contributed by atoms with van der Waals surface area (Å²) in [6, 6.07) is 0. The molecule has 0 bridgehead atoms. The molecule has 0 heterocycles. The van der Waals surface area contributed by atoms with Crippen molar-refractivity contribution in [3.8, 4) is 0 Å². The van der Waals surface area contributed by atoms with Gasteiger partial charge in [0.2, 0.25) is 0 Å². The van der Waals surface area contributed by atoms with Gasteiger partial charge in [-0.1, -0.05) is 69.2 Å². The molecule has 0 amide bonds. The first kappa shape index (κ1) is 51.8. The Bertz CT molecular complexity index is 507. The zero-order valence-electron chi connectivity index (χ0n) is 27.0. The van der Waals surface area contributed by atoms with Gasteiger partial charge in [0, 0.05) is 29.8 Å². The molecule has 0 aliphatic heterocycles. The molecule has 0 radical (unpaired) electrons. The summed E-state index contributed by atoms with van der Waals surface area (Å²) in [5.41, 5.74) is 0. The van der Waals surface area contributed by atoms with Crippen molar-refractivity contribution >= 4 is 29.8 Å². The number of carboxylic acids is 5. The number of carbonyl (C=O) groups is 5. The van der Waals surface area contributed by atoms with Gasteiger partial charge < -0.3 is 49.5 Å². The Hall–Kier alpha value is -1.91.